The SMILES string of the molecule is COc1ccc(Cl)cc1NC(=O)CN1CCCC(C)(CO)C1. The van der Waals surface area contributed by atoms with Crippen LogP contribution in [0.5, 0.6) is 5.75 Å². The van der Waals surface area contributed by atoms with E-state index >= 15 is 0 Å². The first-order valence-electron chi connectivity index (χ1n) is 7.42. The zero-order valence-corrected chi connectivity index (χ0v) is 13.8. The van der Waals surface area contributed by atoms with Crippen LogP contribution in [0.4, 0.5) is 5.69 Å². The van der Waals surface area contributed by atoms with Crippen LogP contribution in [-0.2, 0) is 4.79 Å². The Hall–Kier alpha value is -1.30. The van der Waals surface area contributed by atoms with E-state index in [1.807, 2.05) is 0 Å². The maximum Gasteiger partial charge on any atom is 0.238 e. The van der Waals surface area contributed by atoms with Crippen LogP contribution in [0.2, 0.25) is 5.02 Å². The minimum Gasteiger partial charge on any atom is -0.495 e. The van der Waals surface area contributed by atoms with Crippen molar-refractivity contribution in [2.75, 3.05) is 38.7 Å². The van der Waals surface area contributed by atoms with Crippen molar-refractivity contribution in [1.29, 1.82) is 0 Å². The second-order valence-electron chi connectivity index (χ2n) is 6.18. The van der Waals surface area contributed by atoms with Crippen molar-refractivity contribution in [2.45, 2.75) is 19.8 Å². The second-order valence-corrected chi connectivity index (χ2v) is 6.61. The summed E-state index contributed by atoms with van der Waals surface area (Å²) in [6.45, 7) is 4.09. The minimum atomic E-state index is -0.119. The lowest BCUT2D eigenvalue weighted by Crippen LogP contribution is -2.46. The van der Waals surface area contributed by atoms with Gasteiger partial charge in [0.25, 0.3) is 0 Å². The Balaban J connectivity index is 1.97. The van der Waals surface area contributed by atoms with E-state index in [-0.39, 0.29) is 17.9 Å². The van der Waals surface area contributed by atoms with E-state index in [0.29, 0.717) is 23.0 Å². The van der Waals surface area contributed by atoms with E-state index in [1.165, 1.54) is 0 Å². The molecule has 0 aromatic heterocycles. The quantitative estimate of drug-likeness (QED) is 0.872. The van der Waals surface area contributed by atoms with E-state index in [2.05, 4.69) is 17.1 Å². The molecule has 122 valence electrons. The number of likely N-dealkylation sites (tertiary alicyclic amines) is 1. The average Bonchev–Trinajstić information content (AvgIpc) is 2.47. The van der Waals surface area contributed by atoms with Gasteiger partial charge >= 0.3 is 0 Å². The van der Waals surface area contributed by atoms with Gasteiger partial charge in [-0.15, -0.1) is 0 Å². The summed E-state index contributed by atoms with van der Waals surface area (Å²) in [5.74, 6) is 0.472. The zero-order valence-electron chi connectivity index (χ0n) is 13.1. The monoisotopic (exact) mass is 326 g/mol. The molecule has 5 nitrogen and oxygen atoms in total. The normalized spacial score (nSPS) is 22.4. The number of aliphatic hydroxyl groups is 1. The Labute approximate surface area is 136 Å². The largest absolute Gasteiger partial charge is 0.495 e. The van der Waals surface area contributed by atoms with Gasteiger partial charge in [-0.2, -0.15) is 0 Å². The number of hydrogen-bond donors (Lipinski definition) is 2. The van der Waals surface area contributed by atoms with Gasteiger partial charge in [-0.25, -0.2) is 0 Å². The molecule has 2 rings (SSSR count). The molecule has 1 heterocycles. The molecular formula is C16H23ClN2O3. The van der Waals surface area contributed by atoms with Crippen LogP contribution in [0.1, 0.15) is 19.8 Å². The maximum atomic E-state index is 12.2. The van der Waals surface area contributed by atoms with Crippen molar-refractivity contribution in [1.82, 2.24) is 4.90 Å². The molecule has 0 spiro atoms. The number of rotatable bonds is 5. The summed E-state index contributed by atoms with van der Waals surface area (Å²) in [6, 6.07) is 5.11. The lowest BCUT2D eigenvalue weighted by molar-refractivity contribution is -0.118. The Morgan fingerprint density at radius 3 is 3.00 bits per heavy atom. The topological polar surface area (TPSA) is 61.8 Å². The third kappa shape index (κ3) is 4.35. The first kappa shape index (κ1) is 17.1. The molecule has 0 bridgehead atoms. The highest BCUT2D eigenvalue weighted by Gasteiger charge is 2.31. The van der Waals surface area contributed by atoms with Crippen molar-refractivity contribution in [3.8, 4) is 5.75 Å². The minimum absolute atomic E-state index is 0.109. The molecule has 1 unspecified atom stereocenters. The highest BCUT2D eigenvalue weighted by molar-refractivity contribution is 6.31. The molecule has 1 aromatic carbocycles. The van der Waals surface area contributed by atoms with E-state index in [1.54, 1.807) is 25.3 Å². The van der Waals surface area contributed by atoms with Gasteiger partial charge in [-0.1, -0.05) is 18.5 Å². The van der Waals surface area contributed by atoms with E-state index in [9.17, 15) is 9.90 Å². The number of carbonyl (C=O) groups is 1. The molecule has 0 saturated carbocycles. The van der Waals surface area contributed by atoms with Crippen molar-refractivity contribution in [3.63, 3.8) is 0 Å². The van der Waals surface area contributed by atoms with E-state index < -0.39 is 0 Å². The van der Waals surface area contributed by atoms with Gasteiger partial charge in [0.05, 0.1) is 19.3 Å². The standard InChI is InChI=1S/C16H23ClN2O3/c1-16(11-20)6-3-7-19(10-16)9-15(21)18-13-8-12(17)4-5-14(13)22-2/h4-5,8,20H,3,6-7,9-11H2,1-2H3,(H,18,21). The van der Waals surface area contributed by atoms with Crippen LogP contribution in [0.15, 0.2) is 18.2 Å². The van der Waals surface area contributed by atoms with Crippen LogP contribution >= 0.6 is 11.6 Å². The average molecular weight is 327 g/mol. The van der Waals surface area contributed by atoms with Gasteiger partial charge in [0.2, 0.25) is 5.91 Å². The fourth-order valence-electron chi connectivity index (χ4n) is 2.86. The Morgan fingerprint density at radius 1 is 1.55 bits per heavy atom. The molecule has 1 atom stereocenters. The summed E-state index contributed by atoms with van der Waals surface area (Å²) in [5, 5.41) is 12.9. The summed E-state index contributed by atoms with van der Waals surface area (Å²) in [4.78, 5) is 14.3. The van der Waals surface area contributed by atoms with Gasteiger partial charge < -0.3 is 15.2 Å². The molecule has 2 N–H and O–H groups in total. The summed E-state index contributed by atoms with van der Waals surface area (Å²) in [5.41, 5.74) is 0.452. The van der Waals surface area contributed by atoms with E-state index in [0.717, 1.165) is 25.9 Å². The zero-order chi connectivity index (χ0) is 16.2. The number of carbonyl (C=O) groups excluding carboxylic acids is 1. The molecule has 1 aliphatic heterocycles. The number of aliphatic hydroxyl groups excluding tert-OH is 1. The third-order valence-corrected chi connectivity index (χ3v) is 4.28. The fraction of sp³-hybridized carbons (Fsp3) is 0.562. The van der Waals surface area contributed by atoms with E-state index in [4.69, 9.17) is 16.3 Å². The maximum absolute atomic E-state index is 12.2. The first-order valence-corrected chi connectivity index (χ1v) is 7.80. The number of methoxy groups -OCH3 is 1. The Morgan fingerprint density at radius 2 is 2.32 bits per heavy atom. The number of benzene rings is 1. The van der Waals surface area contributed by atoms with Gasteiger partial charge in [-0.05, 0) is 37.6 Å². The number of anilines is 1. The number of piperidine rings is 1. The first-order chi connectivity index (χ1) is 10.5. The molecule has 0 radical (unpaired) electrons. The van der Waals surface area contributed by atoms with Crippen molar-refractivity contribution < 1.29 is 14.6 Å². The Kier molecular flexibility index (Phi) is 5.67. The van der Waals surface area contributed by atoms with Crippen LogP contribution < -0.4 is 10.1 Å². The van der Waals surface area contributed by atoms with Gasteiger partial charge in [0, 0.05) is 23.6 Å². The molecular weight excluding hydrogens is 304 g/mol. The smallest absolute Gasteiger partial charge is 0.238 e. The molecule has 1 aromatic rings. The number of halogens is 1. The van der Waals surface area contributed by atoms with Crippen LogP contribution in [0.25, 0.3) is 0 Å². The van der Waals surface area contributed by atoms with Crippen LogP contribution in [0.3, 0.4) is 0 Å². The molecule has 1 amide bonds. The summed E-state index contributed by atoms with van der Waals surface area (Å²) >= 11 is 5.96. The molecule has 1 aliphatic rings. The molecule has 22 heavy (non-hydrogen) atoms. The number of hydrogen-bond acceptors (Lipinski definition) is 4. The third-order valence-electron chi connectivity index (χ3n) is 4.04. The predicted molar refractivity (Wildman–Crippen MR) is 87.5 cm³/mol. The highest BCUT2D eigenvalue weighted by atomic mass is 35.5. The lowest BCUT2D eigenvalue weighted by atomic mass is 9.83. The van der Waals surface area contributed by atoms with Crippen molar-refractivity contribution in [3.05, 3.63) is 23.2 Å². The summed E-state index contributed by atoms with van der Waals surface area (Å²) < 4.78 is 5.22. The fourth-order valence-corrected chi connectivity index (χ4v) is 3.03. The van der Waals surface area contributed by atoms with Crippen molar-refractivity contribution in [2.24, 2.45) is 5.41 Å². The van der Waals surface area contributed by atoms with Gasteiger partial charge in [0.15, 0.2) is 0 Å². The van der Waals surface area contributed by atoms with Gasteiger partial charge in [-0.3, -0.25) is 9.69 Å². The molecule has 1 saturated heterocycles. The summed E-state index contributed by atoms with van der Waals surface area (Å²) in [6.07, 6.45) is 1.98. The predicted octanol–water partition coefficient (Wildman–Crippen LogP) is 2.38. The molecule has 1 fully saturated rings. The van der Waals surface area contributed by atoms with Crippen LogP contribution in [0, 0.1) is 5.41 Å². The number of nitrogens with one attached hydrogen (secondary N) is 1. The van der Waals surface area contributed by atoms with Gasteiger partial charge in [0.1, 0.15) is 5.75 Å². The van der Waals surface area contributed by atoms with Crippen molar-refractivity contribution >= 4 is 23.2 Å². The summed E-state index contributed by atoms with van der Waals surface area (Å²) in [7, 11) is 1.55. The molecule has 0 aliphatic carbocycles. The Bertz CT molecular complexity index is 538. The van der Waals surface area contributed by atoms with Crippen LogP contribution in [-0.4, -0.2) is 49.3 Å². The number of ether oxygens (including phenoxy) is 1. The molecule has 6 heteroatoms. The lowest BCUT2D eigenvalue weighted by Gasteiger charge is -2.38. The highest BCUT2D eigenvalue weighted by Crippen LogP contribution is 2.29. The number of nitrogens with zero attached hydrogens (tertiary/aromatic N) is 1. The second kappa shape index (κ2) is 7.31. The number of amides is 1.